The molecule has 5 nitrogen and oxygen atoms in total. The van der Waals surface area contributed by atoms with Crippen LogP contribution in [0.4, 0.5) is 0 Å². The van der Waals surface area contributed by atoms with Crippen molar-refractivity contribution >= 4 is 17.2 Å². The Bertz CT molecular complexity index is 534. The maximum atomic E-state index is 12.4. The maximum absolute atomic E-state index is 12.4. The third kappa shape index (κ3) is 3.31. The van der Waals surface area contributed by atoms with Crippen LogP contribution in [0.15, 0.2) is 16.8 Å². The van der Waals surface area contributed by atoms with Crippen molar-refractivity contribution < 1.29 is 14.4 Å². The second-order valence-electron chi connectivity index (χ2n) is 6.86. The molecule has 3 fully saturated rings. The zero-order chi connectivity index (χ0) is 15.7. The first kappa shape index (κ1) is 15.6. The Kier molecular flexibility index (Phi) is 4.41. The largest absolute Gasteiger partial charge is 0.362 e. The van der Waals surface area contributed by atoms with E-state index < -0.39 is 0 Å². The Labute approximate surface area is 141 Å². The van der Waals surface area contributed by atoms with Gasteiger partial charge in [-0.3, -0.25) is 14.5 Å². The summed E-state index contributed by atoms with van der Waals surface area (Å²) in [5, 5.41) is 5.87. The van der Waals surface area contributed by atoms with Crippen LogP contribution in [0.2, 0.25) is 0 Å². The monoisotopic (exact) mass is 336 g/mol. The minimum atomic E-state index is -0.295. The topological polar surface area (TPSA) is 42.0 Å². The lowest BCUT2D eigenvalue weighted by molar-refractivity contribution is -0.185. The number of likely N-dealkylation sites (tertiary alicyclic amines) is 1. The summed E-state index contributed by atoms with van der Waals surface area (Å²) < 4.78 is 6.25. The molecule has 23 heavy (non-hydrogen) atoms. The SMILES string of the molecule is O=C([C@H]1CCC2(CCN(Cc3ccsc3)CC2)O1)N1CCCO1. The molecule has 0 bridgehead atoms. The van der Waals surface area contributed by atoms with Gasteiger partial charge in [-0.1, -0.05) is 0 Å². The Hall–Kier alpha value is -0.950. The molecule has 0 saturated carbocycles. The average Bonchev–Trinajstić information content (AvgIpc) is 3.31. The lowest BCUT2D eigenvalue weighted by Gasteiger charge is -2.39. The Morgan fingerprint density at radius 2 is 2.17 bits per heavy atom. The molecule has 1 atom stereocenters. The van der Waals surface area contributed by atoms with E-state index in [9.17, 15) is 4.79 Å². The summed E-state index contributed by atoms with van der Waals surface area (Å²) in [6.45, 7) is 4.50. The number of nitrogens with zero attached hydrogens (tertiary/aromatic N) is 2. The number of hydroxylamine groups is 2. The van der Waals surface area contributed by atoms with Crippen LogP contribution in [0, 0.1) is 0 Å². The Morgan fingerprint density at radius 1 is 1.30 bits per heavy atom. The van der Waals surface area contributed by atoms with Gasteiger partial charge in [-0.15, -0.1) is 0 Å². The minimum Gasteiger partial charge on any atom is -0.362 e. The van der Waals surface area contributed by atoms with Gasteiger partial charge in [0, 0.05) is 19.6 Å². The van der Waals surface area contributed by atoms with E-state index in [2.05, 4.69) is 21.7 Å². The van der Waals surface area contributed by atoms with Crippen LogP contribution in [0.25, 0.3) is 0 Å². The third-order valence-electron chi connectivity index (χ3n) is 5.28. The maximum Gasteiger partial charge on any atom is 0.275 e. The smallest absolute Gasteiger partial charge is 0.275 e. The molecule has 0 aromatic carbocycles. The van der Waals surface area contributed by atoms with Gasteiger partial charge in [0.05, 0.1) is 18.8 Å². The first-order chi connectivity index (χ1) is 11.2. The van der Waals surface area contributed by atoms with Crippen LogP contribution in [0.3, 0.4) is 0 Å². The fraction of sp³-hybridized carbons (Fsp3) is 0.706. The van der Waals surface area contributed by atoms with Crippen molar-refractivity contribution in [2.24, 2.45) is 0 Å². The van der Waals surface area contributed by atoms with Crippen molar-refractivity contribution in [2.45, 2.75) is 50.4 Å². The van der Waals surface area contributed by atoms with Crippen molar-refractivity contribution in [1.82, 2.24) is 9.96 Å². The second kappa shape index (κ2) is 6.51. The number of carbonyl (C=O) groups is 1. The molecule has 126 valence electrons. The van der Waals surface area contributed by atoms with Crippen molar-refractivity contribution in [1.29, 1.82) is 0 Å². The van der Waals surface area contributed by atoms with Crippen molar-refractivity contribution in [3.8, 4) is 0 Å². The van der Waals surface area contributed by atoms with Crippen LogP contribution in [0.5, 0.6) is 0 Å². The van der Waals surface area contributed by atoms with Gasteiger partial charge in [0.1, 0.15) is 6.10 Å². The highest BCUT2D eigenvalue weighted by molar-refractivity contribution is 7.07. The predicted molar refractivity (Wildman–Crippen MR) is 88.0 cm³/mol. The van der Waals surface area contributed by atoms with Crippen LogP contribution < -0.4 is 0 Å². The molecule has 4 heterocycles. The highest BCUT2D eigenvalue weighted by Gasteiger charge is 2.46. The number of ether oxygens (including phenoxy) is 1. The van der Waals surface area contributed by atoms with E-state index in [1.54, 1.807) is 11.3 Å². The fourth-order valence-corrected chi connectivity index (χ4v) is 4.56. The van der Waals surface area contributed by atoms with Crippen molar-refractivity contribution in [3.63, 3.8) is 0 Å². The minimum absolute atomic E-state index is 0.0278. The molecule has 0 N–H and O–H groups in total. The highest BCUT2D eigenvalue weighted by atomic mass is 32.1. The molecule has 0 aliphatic carbocycles. The quantitative estimate of drug-likeness (QED) is 0.850. The van der Waals surface area contributed by atoms with Crippen LogP contribution in [-0.2, 0) is 20.9 Å². The van der Waals surface area contributed by atoms with Crippen LogP contribution >= 0.6 is 11.3 Å². The van der Waals surface area contributed by atoms with Gasteiger partial charge in [-0.05, 0) is 54.5 Å². The molecule has 4 rings (SSSR count). The Morgan fingerprint density at radius 3 is 2.87 bits per heavy atom. The number of rotatable bonds is 3. The van der Waals surface area contributed by atoms with Gasteiger partial charge in [-0.2, -0.15) is 11.3 Å². The number of carbonyl (C=O) groups excluding carboxylic acids is 1. The van der Waals surface area contributed by atoms with Gasteiger partial charge in [0.15, 0.2) is 0 Å². The van der Waals surface area contributed by atoms with Crippen LogP contribution in [-0.4, -0.2) is 53.8 Å². The molecule has 1 aromatic rings. The van der Waals surface area contributed by atoms with E-state index in [0.717, 1.165) is 51.7 Å². The number of thiophene rings is 1. The fourth-order valence-electron chi connectivity index (χ4n) is 3.90. The van der Waals surface area contributed by atoms with E-state index in [0.29, 0.717) is 13.2 Å². The summed E-state index contributed by atoms with van der Waals surface area (Å²) in [5.74, 6) is 0.0278. The first-order valence-corrected chi connectivity index (χ1v) is 9.54. The number of hydrogen-bond donors (Lipinski definition) is 0. The predicted octanol–water partition coefficient (Wildman–Crippen LogP) is 2.43. The van der Waals surface area contributed by atoms with E-state index in [1.165, 1.54) is 10.6 Å². The second-order valence-corrected chi connectivity index (χ2v) is 7.64. The molecule has 3 aliphatic heterocycles. The molecular weight excluding hydrogens is 312 g/mol. The standard InChI is InChI=1S/C17H24N2O3S/c20-16(19-7-1-10-21-19)15-2-4-17(22-15)5-8-18(9-6-17)12-14-3-11-23-13-14/h3,11,13,15H,1-2,4-10,12H2/t15-/m1/s1. The lowest BCUT2D eigenvalue weighted by Crippen LogP contribution is -2.45. The van der Waals surface area contributed by atoms with Gasteiger partial charge in [0.2, 0.25) is 0 Å². The third-order valence-corrected chi connectivity index (χ3v) is 6.01. The number of piperidine rings is 1. The zero-order valence-electron chi connectivity index (χ0n) is 13.4. The summed E-state index contributed by atoms with van der Waals surface area (Å²) >= 11 is 1.76. The number of hydrogen-bond acceptors (Lipinski definition) is 5. The molecular formula is C17H24N2O3S. The van der Waals surface area contributed by atoms with E-state index in [1.807, 2.05) is 0 Å². The van der Waals surface area contributed by atoms with Gasteiger partial charge < -0.3 is 4.74 Å². The van der Waals surface area contributed by atoms with Gasteiger partial charge in [-0.25, -0.2) is 5.06 Å². The average molecular weight is 336 g/mol. The summed E-state index contributed by atoms with van der Waals surface area (Å²) in [6.07, 6.45) is 4.54. The molecule has 0 radical (unpaired) electrons. The highest BCUT2D eigenvalue weighted by Crippen LogP contribution is 2.39. The summed E-state index contributed by atoms with van der Waals surface area (Å²) in [7, 11) is 0. The molecule has 1 aromatic heterocycles. The van der Waals surface area contributed by atoms with Crippen molar-refractivity contribution in [2.75, 3.05) is 26.2 Å². The molecule has 6 heteroatoms. The summed E-state index contributed by atoms with van der Waals surface area (Å²) in [5.41, 5.74) is 1.32. The van der Waals surface area contributed by atoms with Gasteiger partial charge in [0.25, 0.3) is 5.91 Å². The Balaban J connectivity index is 1.30. The zero-order valence-corrected chi connectivity index (χ0v) is 14.2. The summed E-state index contributed by atoms with van der Waals surface area (Å²) in [4.78, 5) is 20.3. The first-order valence-electron chi connectivity index (χ1n) is 8.60. The molecule has 1 amide bonds. The molecule has 0 unspecified atom stereocenters. The molecule has 1 spiro atoms. The molecule has 3 saturated heterocycles. The van der Waals surface area contributed by atoms with Gasteiger partial charge >= 0.3 is 0 Å². The summed E-state index contributed by atoms with van der Waals surface area (Å²) in [6, 6.07) is 2.20. The van der Waals surface area contributed by atoms with E-state index in [4.69, 9.17) is 9.57 Å². The van der Waals surface area contributed by atoms with Crippen molar-refractivity contribution in [3.05, 3.63) is 22.4 Å². The van der Waals surface area contributed by atoms with Crippen LogP contribution in [0.1, 0.15) is 37.7 Å². The molecule has 3 aliphatic rings. The van der Waals surface area contributed by atoms with E-state index in [-0.39, 0.29) is 17.6 Å². The lowest BCUT2D eigenvalue weighted by atomic mass is 9.88. The number of amides is 1. The normalized spacial score (nSPS) is 27.8. The van der Waals surface area contributed by atoms with E-state index >= 15 is 0 Å².